The maximum absolute atomic E-state index is 5.06. The largest absolute Gasteiger partial charge is 0.344 e. The molecule has 1 aliphatic carbocycles. The highest BCUT2D eigenvalue weighted by atomic mass is 15.0. The molecular weight excluding hydrogens is 354 g/mol. The molecule has 1 heterocycles. The zero-order chi connectivity index (χ0) is 20.6. The number of nitrogens with zero attached hydrogens (tertiary/aromatic N) is 1. The molecule has 29 heavy (non-hydrogen) atoms. The van der Waals surface area contributed by atoms with E-state index in [-0.39, 0.29) is 0 Å². The molecule has 2 aromatic carbocycles. The number of hydrogen-bond donors (Lipinski definition) is 2. The molecule has 0 radical (unpaired) electrons. The molecule has 156 valence electrons. The predicted molar refractivity (Wildman–Crippen MR) is 126 cm³/mol. The first-order valence-corrected chi connectivity index (χ1v) is 11.3. The lowest BCUT2D eigenvalue weighted by molar-refractivity contribution is 0.360. The molecule has 1 fully saturated rings. The molecule has 3 nitrogen and oxygen atoms in total. The number of aryl methyl sites for hydroxylation is 2. The van der Waals surface area contributed by atoms with E-state index in [1.807, 2.05) is 0 Å². The lowest BCUT2D eigenvalue weighted by Gasteiger charge is -2.24. The Hall–Kier alpha value is -2.10. The van der Waals surface area contributed by atoms with Gasteiger partial charge in [0.25, 0.3) is 0 Å². The van der Waals surface area contributed by atoms with E-state index in [1.165, 1.54) is 65.3 Å². The van der Waals surface area contributed by atoms with Gasteiger partial charge in [0.2, 0.25) is 0 Å². The highest BCUT2D eigenvalue weighted by Crippen LogP contribution is 2.35. The first-order valence-electron chi connectivity index (χ1n) is 11.3. The Morgan fingerprint density at radius 3 is 2.28 bits per heavy atom. The Kier molecular flexibility index (Phi) is 7.91. The van der Waals surface area contributed by atoms with Crippen molar-refractivity contribution in [2.45, 2.75) is 64.8 Å². The van der Waals surface area contributed by atoms with Crippen LogP contribution in [0.5, 0.6) is 0 Å². The summed E-state index contributed by atoms with van der Waals surface area (Å²) in [6.45, 7) is 5.88. The average molecular weight is 392 g/mol. The van der Waals surface area contributed by atoms with E-state index in [0.717, 1.165) is 25.9 Å². The summed E-state index contributed by atoms with van der Waals surface area (Å²) in [5.74, 6) is 0. The fourth-order valence-electron chi connectivity index (χ4n) is 4.39. The topological polar surface area (TPSA) is 57.0 Å². The number of fused-ring (bicyclic) bond motifs is 1. The van der Waals surface area contributed by atoms with E-state index in [4.69, 9.17) is 11.5 Å². The minimum atomic E-state index is 0.700. The van der Waals surface area contributed by atoms with Crippen LogP contribution in [-0.2, 0) is 6.42 Å². The van der Waals surface area contributed by atoms with Crippen LogP contribution in [0.4, 0.5) is 0 Å². The van der Waals surface area contributed by atoms with E-state index in [1.54, 1.807) is 0 Å². The van der Waals surface area contributed by atoms with Gasteiger partial charge < -0.3 is 16.0 Å². The molecule has 0 unspecified atom stereocenters. The van der Waals surface area contributed by atoms with Crippen LogP contribution in [0, 0.1) is 6.92 Å². The summed E-state index contributed by atoms with van der Waals surface area (Å²) in [4.78, 5) is 0. The monoisotopic (exact) mass is 391 g/mol. The second-order valence-corrected chi connectivity index (χ2v) is 8.24. The number of aromatic nitrogens is 1. The summed E-state index contributed by atoms with van der Waals surface area (Å²) >= 11 is 0. The molecule has 3 heteroatoms. The fourth-order valence-corrected chi connectivity index (χ4v) is 4.39. The second kappa shape index (κ2) is 10.6. The lowest BCUT2D eigenvalue weighted by Crippen LogP contribution is -2.11. The highest BCUT2D eigenvalue weighted by molar-refractivity contribution is 5.89. The Balaban J connectivity index is 0.000000431. The zero-order valence-electron chi connectivity index (χ0n) is 18.2. The standard InChI is InChI=1S/C23H27N.C3H10N2/c1-3-18-16-24(21-10-5-4-6-11-21)23-13-12-20(15-22(18)23)19-9-7-8-17(2)14-19;4-2-1-3-5/h7-9,12-16,21H,3-6,10-11H2,1-2H3;1-5H2. The van der Waals surface area contributed by atoms with Crippen molar-refractivity contribution in [1.82, 2.24) is 4.57 Å². The summed E-state index contributed by atoms with van der Waals surface area (Å²) in [6.07, 6.45) is 11.3. The van der Waals surface area contributed by atoms with Gasteiger partial charge >= 0.3 is 0 Å². The molecule has 3 aromatic rings. The van der Waals surface area contributed by atoms with Gasteiger partial charge in [-0.05, 0) is 74.5 Å². The highest BCUT2D eigenvalue weighted by Gasteiger charge is 2.18. The first-order chi connectivity index (χ1) is 14.2. The molecule has 1 saturated carbocycles. The van der Waals surface area contributed by atoms with Crippen LogP contribution >= 0.6 is 0 Å². The molecule has 0 saturated heterocycles. The lowest BCUT2D eigenvalue weighted by atomic mass is 9.95. The van der Waals surface area contributed by atoms with Crippen molar-refractivity contribution in [3.05, 3.63) is 59.8 Å². The fraction of sp³-hybridized carbons (Fsp3) is 0.462. The van der Waals surface area contributed by atoms with Crippen LogP contribution in [0.2, 0.25) is 0 Å². The second-order valence-electron chi connectivity index (χ2n) is 8.24. The summed E-state index contributed by atoms with van der Waals surface area (Å²) < 4.78 is 2.58. The molecule has 4 N–H and O–H groups in total. The van der Waals surface area contributed by atoms with Crippen LogP contribution in [0.1, 0.15) is 62.6 Å². The van der Waals surface area contributed by atoms with Crippen LogP contribution in [0.15, 0.2) is 48.7 Å². The van der Waals surface area contributed by atoms with Crippen LogP contribution in [0.3, 0.4) is 0 Å². The van der Waals surface area contributed by atoms with E-state index in [0.29, 0.717) is 6.04 Å². The molecule has 4 rings (SSSR count). The third-order valence-electron chi connectivity index (χ3n) is 6.02. The van der Waals surface area contributed by atoms with E-state index in [2.05, 4.69) is 67.1 Å². The van der Waals surface area contributed by atoms with Gasteiger partial charge in [0.1, 0.15) is 0 Å². The number of rotatable bonds is 5. The molecule has 1 aliphatic rings. The molecule has 0 spiro atoms. The molecule has 0 atom stereocenters. The zero-order valence-corrected chi connectivity index (χ0v) is 18.2. The molecule has 0 amide bonds. The van der Waals surface area contributed by atoms with Gasteiger partial charge in [-0.25, -0.2) is 0 Å². The summed E-state index contributed by atoms with van der Waals surface area (Å²) in [6, 6.07) is 16.6. The van der Waals surface area contributed by atoms with Crippen molar-refractivity contribution in [2.75, 3.05) is 13.1 Å². The molecule has 0 bridgehead atoms. The van der Waals surface area contributed by atoms with Crippen molar-refractivity contribution >= 4 is 10.9 Å². The number of nitrogens with two attached hydrogens (primary N) is 2. The first kappa shape index (κ1) is 21.6. The third kappa shape index (κ3) is 5.29. The van der Waals surface area contributed by atoms with Crippen molar-refractivity contribution < 1.29 is 0 Å². The van der Waals surface area contributed by atoms with Gasteiger partial charge in [0.05, 0.1) is 0 Å². The van der Waals surface area contributed by atoms with Crippen molar-refractivity contribution in [3.8, 4) is 11.1 Å². The maximum atomic E-state index is 5.06. The van der Waals surface area contributed by atoms with Crippen LogP contribution < -0.4 is 11.5 Å². The Labute approximate surface area is 176 Å². The van der Waals surface area contributed by atoms with Gasteiger partial charge in [0, 0.05) is 23.1 Å². The van der Waals surface area contributed by atoms with Gasteiger partial charge in [-0.1, -0.05) is 62.1 Å². The summed E-state index contributed by atoms with van der Waals surface area (Å²) in [7, 11) is 0. The quantitative estimate of drug-likeness (QED) is 0.562. The minimum absolute atomic E-state index is 0.700. The molecule has 1 aromatic heterocycles. The van der Waals surface area contributed by atoms with E-state index in [9.17, 15) is 0 Å². The smallest absolute Gasteiger partial charge is 0.0486 e. The summed E-state index contributed by atoms with van der Waals surface area (Å²) in [5.41, 5.74) is 17.0. The summed E-state index contributed by atoms with van der Waals surface area (Å²) in [5, 5.41) is 1.45. The molecule has 0 aliphatic heterocycles. The van der Waals surface area contributed by atoms with Gasteiger partial charge in [0.15, 0.2) is 0 Å². The van der Waals surface area contributed by atoms with Crippen LogP contribution in [-0.4, -0.2) is 17.7 Å². The van der Waals surface area contributed by atoms with Crippen LogP contribution in [0.25, 0.3) is 22.0 Å². The van der Waals surface area contributed by atoms with Crippen molar-refractivity contribution in [2.24, 2.45) is 11.5 Å². The number of hydrogen-bond acceptors (Lipinski definition) is 2. The average Bonchev–Trinajstić information content (AvgIpc) is 3.13. The van der Waals surface area contributed by atoms with E-state index < -0.39 is 0 Å². The van der Waals surface area contributed by atoms with Gasteiger partial charge in [-0.2, -0.15) is 0 Å². The SMILES string of the molecule is CCc1cn(C2CCCCC2)c2ccc(-c3cccc(C)c3)cc12.NCCCN. The van der Waals surface area contributed by atoms with Gasteiger partial charge in [-0.3, -0.25) is 0 Å². The molecular formula is C26H37N3. The Morgan fingerprint density at radius 2 is 1.66 bits per heavy atom. The third-order valence-corrected chi connectivity index (χ3v) is 6.02. The van der Waals surface area contributed by atoms with Crippen molar-refractivity contribution in [1.29, 1.82) is 0 Å². The normalized spacial score (nSPS) is 14.6. The van der Waals surface area contributed by atoms with Crippen molar-refractivity contribution in [3.63, 3.8) is 0 Å². The van der Waals surface area contributed by atoms with E-state index >= 15 is 0 Å². The predicted octanol–water partition coefficient (Wildman–Crippen LogP) is 5.98. The Morgan fingerprint density at radius 1 is 0.931 bits per heavy atom. The minimum Gasteiger partial charge on any atom is -0.344 e. The number of benzene rings is 2. The maximum Gasteiger partial charge on any atom is 0.0486 e. The van der Waals surface area contributed by atoms with Gasteiger partial charge in [-0.15, -0.1) is 0 Å². The Bertz CT molecular complexity index is 901.